The molecular formula is C12H14BrClFNO. The number of halogens is 3. The highest BCUT2D eigenvalue weighted by molar-refractivity contribution is 9.09. The van der Waals surface area contributed by atoms with Gasteiger partial charge in [0.1, 0.15) is 5.82 Å². The average molecular weight is 323 g/mol. The van der Waals surface area contributed by atoms with Gasteiger partial charge in [-0.3, -0.25) is 4.79 Å². The number of hydrogen-bond donors (Lipinski definition) is 1. The molecule has 0 aliphatic carbocycles. The molecule has 2 atom stereocenters. The fourth-order valence-electron chi connectivity index (χ4n) is 1.24. The first-order valence-electron chi connectivity index (χ1n) is 5.28. The molecule has 0 heterocycles. The second kappa shape index (κ2) is 6.36. The van der Waals surface area contributed by atoms with Gasteiger partial charge in [-0.15, -0.1) is 0 Å². The molecular weight excluding hydrogens is 308 g/mol. The first-order valence-corrected chi connectivity index (χ1v) is 6.78. The van der Waals surface area contributed by atoms with E-state index in [1.807, 2.05) is 13.8 Å². The highest BCUT2D eigenvalue weighted by Gasteiger charge is 2.18. The summed E-state index contributed by atoms with van der Waals surface area (Å²) in [6, 6.07) is 4.19. The monoisotopic (exact) mass is 321 g/mol. The fourth-order valence-corrected chi connectivity index (χ4v) is 2.01. The number of benzene rings is 1. The quantitative estimate of drug-likeness (QED) is 0.843. The van der Waals surface area contributed by atoms with Crippen LogP contribution in [0, 0.1) is 11.7 Å². The Balaban J connectivity index is 2.80. The first-order chi connectivity index (χ1) is 7.97. The molecule has 17 heavy (non-hydrogen) atoms. The summed E-state index contributed by atoms with van der Waals surface area (Å²) in [4.78, 5) is 11.9. The molecule has 0 bridgehead atoms. The number of carbonyl (C=O) groups excluding carboxylic acids is 1. The maximum Gasteiger partial charge on any atom is 0.253 e. The Kier molecular flexibility index (Phi) is 5.40. The number of amides is 1. The van der Waals surface area contributed by atoms with Gasteiger partial charge in [0.05, 0.1) is 10.6 Å². The molecule has 1 rings (SSSR count). The lowest BCUT2D eigenvalue weighted by molar-refractivity contribution is 0.0931. The van der Waals surface area contributed by atoms with Crippen LogP contribution in [-0.2, 0) is 0 Å². The van der Waals surface area contributed by atoms with Crippen LogP contribution in [0.5, 0.6) is 0 Å². The summed E-state index contributed by atoms with van der Waals surface area (Å²) in [5, 5.41) is 3.44. The van der Waals surface area contributed by atoms with Crippen molar-refractivity contribution in [2.24, 2.45) is 5.92 Å². The third-order valence-corrected chi connectivity index (χ3v) is 4.06. The summed E-state index contributed by atoms with van der Waals surface area (Å²) in [5.41, 5.74) is 0.167. The predicted molar refractivity (Wildman–Crippen MR) is 71.3 cm³/mol. The Labute approximate surface area is 114 Å². The lowest BCUT2D eigenvalue weighted by Crippen LogP contribution is -2.37. The Morgan fingerprint density at radius 3 is 2.76 bits per heavy atom. The van der Waals surface area contributed by atoms with Gasteiger partial charge in [0.25, 0.3) is 5.91 Å². The summed E-state index contributed by atoms with van der Waals surface area (Å²) < 4.78 is 13.2. The van der Waals surface area contributed by atoms with E-state index in [0.717, 1.165) is 5.33 Å². The minimum absolute atomic E-state index is 0.0128. The maximum atomic E-state index is 13.2. The van der Waals surface area contributed by atoms with Crippen LogP contribution in [0.1, 0.15) is 24.2 Å². The van der Waals surface area contributed by atoms with Crippen LogP contribution in [0.4, 0.5) is 4.39 Å². The van der Waals surface area contributed by atoms with Gasteiger partial charge in [-0.05, 0) is 25.0 Å². The first kappa shape index (κ1) is 14.5. The van der Waals surface area contributed by atoms with Crippen LogP contribution in [0.3, 0.4) is 0 Å². The molecule has 2 nitrogen and oxygen atoms in total. The summed E-state index contributed by atoms with van der Waals surface area (Å²) >= 11 is 9.09. The Morgan fingerprint density at radius 2 is 2.18 bits per heavy atom. The largest absolute Gasteiger partial charge is 0.349 e. The SMILES string of the molecule is CC(CBr)C(C)NC(=O)c1cccc(F)c1Cl. The highest BCUT2D eigenvalue weighted by atomic mass is 79.9. The van der Waals surface area contributed by atoms with Gasteiger partial charge < -0.3 is 5.32 Å². The van der Waals surface area contributed by atoms with Gasteiger partial charge in [0.15, 0.2) is 0 Å². The molecule has 0 radical (unpaired) electrons. The van der Waals surface area contributed by atoms with Crippen molar-refractivity contribution in [3.8, 4) is 0 Å². The maximum absolute atomic E-state index is 13.2. The second-order valence-corrected chi connectivity index (χ2v) is 5.02. The van der Waals surface area contributed by atoms with Crippen molar-refractivity contribution in [3.05, 3.63) is 34.6 Å². The molecule has 2 unspecified atom stereocenters. The van der Waals surface area contributed by atoms with E-state index >= 15 is 0 Å². The molecule has 0 aromatic heterocycles. The minimum Gasteiger partial charge on any atom is -0.349 e. The summed E-state index contributed by atoms with van der Waals surface area (Å²) in [6.07, 6.45) is 0. The zero-order valence-corrected chi connectivity index (χ0v) is 12.0. The molecule has 1 N–H and O–H groups in total. The van der Waals surface area contributed by atoms with Gasteiger partial charge in [-0.2, -0.15) is 0 Å². The summed E-state index contributed by atoms with van der Waals surface area (Å²) in [6.45, 7) is 3.91. The van der Waals surface area contributed by atoms with Crippen LogP contribution < -0.4 is 5.32 Å². The highest BCUT2D eigenvalue weighted by Crippen LogP contribution is 2.20. The van der Waals surface area contributed by atoms with Crippen molar-refractivity contribution in [2.45, 2.75) is 19.9 Å². The Bertz CT molecular complexity index is 413. The second-order valence-electron chi connectivity index (χ2n) is 4.00. The number of hydrogen-bond acceptors (Lipinski definition) is 1. The molecule has 1 aromatic carbocycles. The fraction of sp³-hybridized carbons (Fsp3) is 0.417. The molecule has 94 valence electrons. The van der Waals surface area contributed by atoms with Gasteiger partial charge in [-0.1, -0.05) is 40.5 Å². The standard InChI is InChI=1S/C12H14BrClFNO/c1-7(6-13)8(2)16-12(17)9-4-3-5-10(15)11(9)14/h3-5,7-8H,6H2,1-2H3,(H,16,17). The average Bonchev–Trinajstić information content (AvgIpc) is 2.31. The zero-order chi connectivity index (χ0) is 13.0. The molecule has 0 aliphatic heterocycles. The van der Waals surface area contributed by atoms with Crippen LogP contribution in [0.2, 0.25) is 5.02 Å². The lowest BCUT2D eigenvalue weighted by Gasteiger charge is -2.19. The minimum atomic E-state index is -0.583. The van der Waals surface area contributed by atoms with Crippen molar-refractivity contribution < 1.29 is 9.18 Å². The molecule has 0 aliphatic rings. The van der Waals surface area contributed by atoms with Crippen LogP contribution in [0.15, 0.2) is 18.2 Å². The third-order valence-electron chi connectivity index (χ3n) is 2.65. The van der Waals surface area contributed by atoms with Gasteiger partial charge in [-0.25, -0.2) is 4.39 Å². The van der Waals surface area contributed by atoms with E-state index in [1.54, 1.807) is 0 Å². The van der Waals surface area contributed by atoms with E-state index in [2.05, 4.69) is 21.2 Å². The van der Waals surface area contributed by atoms with E-state index in [1.165, 1.54) is 18.2 Å². The van der Waals surface area contributed by atoms with E-state index in [4.69, 9.17) is 11.6 Å². The lowest BCUT2D eigenvalue weighted by atomic mass is 10.1. The van der Waals surface area contributed by atoms with Gasteiger partial charge in [0.2, 0.25) is 0 Å². The van der Waals surface area contributed by atoms with Crippen molar-refractivity contribution in [2.75, 3.05) is 5.33 Å². The number of alkyl halides is 1. The van der Waals surface area contributed by atoms with E-state index in [0.29, 0.717) is 0 Å². The topological polar surface area (TPSA) is 29.1 Å². The van der Waals surface area contributed by atoms with E-state index in [-0.39, 0.29) is 28.5 Å². The van der Waals surface area contributed by atoms with Crippen LogP contribution in [0.25, 0.3) is 0 Å². The van der Waals surface area contributed by atoms with Crippen LogP contribution >= 0.6 is 27.5 Å². The third kappa shape index (κ3) is 3.68. The molecule has 0 saturated heterocycles. The van der Waals surface area contributed by atoms with Crippen molar-refractivity contribution in [1.82, 2.24) is 5.32 Å². The smallest absolute Gasteiger partial charge is 0.253 e. The normalized spacial score (nSPS) is 14.2. The van der Waals surface area contributed by atoms with E-state index in [9.17, 15) is 9.18 Å². The molecule has 5 heteroatoms. The molecule has 1 amide bonds. The Morgan fingerprint density at radius 1 is 1.53 bits per heavy atom. The van der Waals surface area contributed by atoms with Crippen LogP contribution in [-0.4, -0.2) is 17.3 Å². The van der Waals surface area contributed by atoms with Gasteiger partial charge >= 0.3 is 0 Å². The predicted octanol–water partition coefficient (Wildman–Crippen LogP) is 3.63. The molecule has 0 fully saturated rings. The molecule has 1 aromatic rings. The van der Waals surface area contributed by atoms with Gasteiger partial charge in [0, 0.05) is 11.4 Å². The van der Waals surface area contributed by atoms with Crippen molar-refractivity contribution in [3.63, 3.8) is 0 Å². The number of carbonyl (C=O) groups is 1. The zero-order valence-electron chi connectivity index (χ0n) is 9.64. The molecule has 0 spiro atoms. The number of nitrogens with one attached hydrogen (secondary N) is 1. The molecule has 0 saturated carbocycles. The Hall–Kier alpha value is -0.610. The number of rotatable bonds is 4. The van der Waals surface area contributed by atoms with Crippen molar-refractivity contribution >= 4 is 33.4 Å². The summed E-state index contributed by atoms with van der Waals surface area (Å²) in [7, 11) is 0. The van der Waals surface area contributed by atoms with E-state index < -0.39 is 5.82 Å². The summed E-state index contributed by atoms with van der Waals surface area (Å²) in [5.74, 6) is -0.651. The van der Waals surface area contributed by atoms with Crippen molar-refractivity contribution in [1.29, 1.82) is 0 Å².